The molecule has 6 nitrogen and oxygen atoms in total. The van der Waals surface area contributed by atoms with E-state index in [4.69, 9.17) is 4.42 Å². The predicted octanol–water partition coefficient (Wildman–Crippen LogP) is 3.24. The van der Waals surface area contributed by atoms with Gasteiger partial charge in [-0.05, 0) is 37.0 Å². The second-order valence-electron chi connectivity index (χ2n) is 8.51. The van der Waals surface area contributed by atoms with E-state index in [2.05, 4.69) is 17.0 Å². The lowest BCUT2D eigenvalue weighted by molar-refractivity contribution is -0.137. The Labute approximate surface area is 178 Å². The van der Waals surface area contributed by atoms with Crippen molar-refractivity contribution in [2.45, 2.75) is 57.3 Å². The normalized spacial score (nSPS) is 21.3. The summed E-state index contributed by atoms with van der Waals surface area (Å²) in [5, 5.41) is 0. The third kappa shape index (κ3) is 5.32. The molecule has 2 heterocycles. The maximum Gasteiger partial charge on any atom is 0.237 e. The molecular weight excluding hydrogens is 400 g/mol. The highest BCUT2D eigenvalue weighted by Gasteiger charge is 2.39. The highest BCUT2D eigenvalue weighted by atomic mass is 32.2. The van der Waals surface area contributed by atoms with Crippen molar-refractivity contribution in [3.8, 4) is 0 Å². The van der Waals surface area contributed by atoms with Crippen molar-refractivity contribution in [2.75, 3.05) is 18.1 Å². The lowest BCUT2D eigenvalue weighted by Gasteiger charge is -2.35. The summed E-state index contributed by atoms with van der Waals surface area (Å²) >= 11 is 0. The standard InChI is InChI=1S/C23H30N2O4S/c26-23(25(20-9-4-5-10-20)21-12-14-30(27,28)18-21)17-24(16-22-11-6-13-29-22)15-19-7-2-1-3-8-19/h1-3,6-8,11,13,20-21H,4-5,9-10,12,14-18H2. The average molecular weight is 431 g/mol. The zero-order chi connectivity index (χ0) is 21.0. The predicted molar refractivity (Wildman–Crippen MR) is 115 cm³/mol. The Bertz CT molecular complexity index is 921. The van der Waals surface area contributed by atoms with Gasteiger partial charge in [-0.1, -0.05) is 43.2 Å². The van der Waals surface area contributed by atoms with Gasteiger partial charge in [-0.3, -0.25) is 9.69 Å². The molecule has 0 N–H and O–H groups in total. The lowest BCUT2D eigenvalue weighted by atomic mass is 10.1. The first-order chi connectivity index (χ1) is 14.5. The van der Waals surface area contributed by atoms with E-state index in [1.54, 1.807) is 6.26 Å². The van der Waals surface area contributed by atoms with Crippen LogP contribution in [0, 0.1) is 0 Å². The number of hydrogen-bond donors (Lipinski definition) is 0. The van der Waals surface area contributed by atoms with Gasteiger partial charge in [0.2, 0.25) is 5.91 Å². The number of furan rings is 1. The van der Waals surface area contributed by atoms with E-state index in [0.717, 1.165) is 37.0 Å². The van der Waals surface area contributed by atoms with E-state index in [1.807, 2.05) is 35.2 Å². The van der Waals surface area contributed by atoms with Crippen LogP contribution in [0.4, 0.5) is 0 Å². The van der Waals surface area contributed by atoms with Crippen molar-refractivity contribution < 1.29 is 17.6 Å². The molecule has 1 saturated carbocycles. The Hall–Kier alpha value is -2.12. The maximum absolute atomic E-state index is 13.5. The first-order valence-corrected chi connectivity index (χ1v) is 12.6. The van der Waals surface area contributed by atoms with Gasteiger partial charge in [0, 0.05) is 18.6 Å². The molecule has 1 aliphatic carbocycles. The second kappa shape index (κ2) is 9.35. The van der Waals surface area contributed by atoms with Crippen LogP contribution in [0.2, 0.25) is 0 Å². The number of benzene rings is 1. The summed E-state index contributed by atoms with van der Waals surface area (Å²) in [5.41, 5.74) is 1.13. The van der Waals surface area contributed by atoms with Crippen LogP contribution < -0.4 is 0 Å². The topological polar surface area (TPSA) is 70.8 Å². The highest BCUT2D eigenvalue weighted by molar-refractivity contribution is 7.91. The zero-order valence-corrected chi connectivity index (χ0v) is 18.1. The minimum absolute atomic E-state index is 0.0338. The fraction of sp³-hybridized carbons (Fsp3) is 0.522. The molecule has 0 bridgehead atoms. The summed E-state index contributed by atoms with van der Waals surface area (Å²) in [4.78, 5) is 17.5. The molecule has 7 heteroatoms. The lowest BCUT2D eigenvalue weighted by Crippen LogP contribution is -2.50. The molecule has 0 radical (unpaired) electrons. The summed E-state index contributed by atoms with van der Waals surface area (Å²) in [6, 6.07) is 13.8. The molecule has 2 fully saturated rings. The Morgan fingerprint density at radius 2 is 1.73 bits per heavy atom. The molecule has 1 amide bonds. The fourth-order valence-corrected chi connectivity index (χ4v) is 6.50. The average Bonchev–Trinajstić information content (AvgIpc) is 3.46. The maximum atomic E-state index is 13.5. The van der Waals surface area contributed by atoms with E-state index in [0.29, 0.717) is 19.5 Å². The van der Waals surface area contributed by atoms with Gasteiger partial charge in [-0.15, -0.1) is 0 Å². The summed E-state index contributed by atoms with van der Waals surface area (Å²) in [6.45, 7) is 1.42. The van der Waals surface area contributed by atoms with Crippen LogP contribution in [0.5, 0.6) is 0 Å². The number of rotatable bonds is 8. The molecule has 1 unspecified atom stereocenters. The molecule has 2 aliphatic rings. The number of carbonyl (C=O) groups is 1. The Morgan fingerprint density at radius 1 is 0.967 bits per heavy atom. The summed E-state index contributed by atoms with van der Waals surface area (Å²) in [7, 11) is -3.04. The third-order valence-electron chi connectivity index (χ3n) is 6.18. The molecule has 2 aromatic rings. The van der Waals surface area contributed by atoms with Crippen molar-refractivity contribution in [2.24, 2.45) is 0 Å². The Morgan fingerprint density at radius 3 is 2.37 bits per heavy atom. The minimum atomic E-state index is -3.04. The van der Waals surface area contributed by atoms with Crippen molar-refractivity contribution in [1.29, 1.82) is 0 Å². The highest BCUT2D eigenvalue weighted by Crippen LogP contribution is 2.29. The number of carbonyl (C=O) groups excluding carboxylic acids is 1. The van der Waals surface area contributed by atoms with Crippen molar-refractivity contribution in [3.05, 3.63) is 60.1 Å². The van der Waals surface area contributed by atoms with E-state index in [1.165, 1.54) is 0 Å². The number of amides is 1. The van der Waals surface area contributed by atoms with E-state index >= 15 is 0 Å². The van der Waals surface area contributed by atoms with Gasteiger partial charge in [-0.25, -0.2) is 8.42 Å². The fourth-order valence-electron chi connectivity index (χ4n) is 4.79. The summed E-state index contributed by atoms with van der Waals surface area (Å²) in [6.07, 6.45) is 6.36. The van der Waals surface area contributed by atoms with Gasteiger partial charge in [-0.2, -0.15) is 0 Å². The van der Waals surface area contributed by atoms with E-state index in [9.17, 15) is 13.2 Å². The van der Waals surface area contributed by atoms with Gasteiger partial charge in [0.05, 0.1) is 30.9 Å². The van der Waals surface area contributed by atoms with Gasteiger partial charge >= 0.3 is 0 Å². The molecule has 1 atom stereocenters. The summed E-state index contributed by atoms with van der Waals surface area (Å²) in [5.74, 6) is 1.14. The van der Waals surface area contributed by atoms with Crippen LogP contribution in [0.25, 0.3) is 0 Å². The first kappa shape index (κ1) is 21.1. The largest absolute Gasteiger partial charge is 0.468 e. The number of nitrogens with zero attached hydrogens (tertiary/aromatic N) is 2. The van der Waals surface area contributed by atoms with Crippen LogP contribution in [-0.2, 0) is 27.7 Å². The molecule has 1 saturated heterocycles. The van der Waals surface area contributed by atoms with E-state index < -0.39 is 9.84 Å². The monoisotopic (exact) mass is 430 g/mol. The molecule has 1 aromatic carbocycles. The third-order valence-corrected chi connectivity index (χ3v) is 7.93. The first-order valence-electron chi connectivity index (χ1n) is 10.8. The van der Waals surface area contributed by atoms with Crippen molar-refractivity contribution >= 4 is 15.7 Å². The smallest absolute Gasteiger partial charge is 0.237 e. The minimum Gasteiger partial charge on any atom is -0.468 e. The van der Waals surface area contributed by atoms with Crippen LogP contribution in [0.15, 0.2) is 53.1 Å². The zero-order valence-electron chi connectivity index (χ0n) is 17.3. The molecule has 4 rings (SSSR count). The Kier molecular flexibility index (Phi) is 6.58. The van der Waals surface area contributed by atoms with Crippen molar-refractivity contribution in [1.82, 2.24) is 9.80 Å². The van der Waals surface area contributed by atoms with E-state index in [-0.39, 0.29) is 36.0 Å². The number of sulfone groups is 1. The molecule has 1 aromatic heterocycles. The second-order valence-corrected chi connectivity index (χ2v) is 10.7. The number of hydrogen-bond acceptors (Lipinski definition) is 5. The van der Waals surface area contributed by atoms with Gasteiger partial charge < -0.3 is 9.32 Å². The van der Waals surface area contributed by atoms with Crippen LogP contribution >= 0.6 is 0 Å². The molecule has 1 aliphatic heterocycles. The van der Waals surface area contributed by atoms with Gasteiger partial charge in [0.25, 0.3) is 0 Å². The van der Waals surface area contributed by atoms with Gasteiger partial charge in [0.1, 0.15) is 5.76 Å². The van der Waals surface area contributed by atoms with Crippen molar-refractivity contribution in [3.63, 3.8) is 0 Å². The molecule has 0 spiro atoms. The van der Waals surface area contributed by atoms with Crippen LogP contribution in [0.3, 0.4) is 0 Å². The molecule has 162 valence electrons. The quantitative estimate of drug-likeness (QED) is 0.643. The molecule has 30 heavy (non-hydrogen) atoms. The SMILES string of the molecule is O=C(CN(Cc1ccccc1)Cc1ccco1)N(C1CCCC1)C1CCS(=O)(=O)C1. The van der Waals surface area contributed by atoms with Crippen LogP contribution in [-0.4, -0.2) is 54.3 Å². The molecular formula is C23H30N2O4S. The summed E-state index contributed by atoms with van der Waals surface area (Å²) < 4.78 is 29.7. The Balaban J connectivity index is 1.52. The van der Waals surface area contributed by atoms with Crippen LogP contribution in [0.1, 0.15) is 43.4 Å². The van der Waals surface area contributed by atoms with Gasteiger partial charge in [0.15, 0.2) is 9.84 Å².